The molecule has 170 valence electrons. The van der Waals surface area contributed by atoms with Crippen molar-refractivity contribution in [3.63, 3.8) is 0 Å². The molecule has 0 aromatic rings. The Bertz CT molecular complexity index is 705. The number of hydrogen-bond donors (Lipinski definition) is 2. The topological polar surface area (TPSA) is 40.5 Å². The van der Waals surface area contributed by atoms with E-state index in [1.807, 2.05) is 0 Å². The van der Waals surface area contributed by atoms with Crippen LogP contribution in [0.25, 0.3) is 0 Å². The minimum Gasteiger partial charge on any atom is -0.393 e. The molecule has 0 heterocycles. The molecule has 4 aliphatic rings. The summed E-state index contributed by atoms with van der Waals surface area (Å²) in [5.74, 6) is 3.06. The van der Waals surface area contributed by atoms with Crippen molar-refractivity contribution in [3.8, 4) is 0 Å². The number of rotatable bonds is 5. The average Bonchev–Trinajstić information content (AvgIpc) is 3.04. The van der Waals surface area contributed by atoms with E-state index >= 15 is 0 Å². The molecule has 0 radical (unpaired) electrons. The van der Waals surface area contributed by atoms with E-state index in [-0.39, 0.29) is 23.5 Å². The van der Waals surface area contributed by atoms with Crippen molar-refractivity contribution in [1.29, 1.82) is 0 Å². The van der Waals surface area contributed by atoms with E-state index < -0.39 is 0 Å². The number of aliphatic hydroxyl groups is 2. The lowest BCUT2D eigenvalue weighted by molar-refractivity contribution is -0.0516. The summed E-state index contributed by atoms with van der Waals surface area (Å²) >= 11 is 0. The van der Waals surface area contributed by atoms with Crippen LogP contribution in [0.15, 0.2) is 23.3 Å². The monoisotopic (exact) mass is 414 g/mol. The van der Waals surface area contributed by atoms with Crippen molar-refractivity contribution in [2.45, 2.75) is 111 Å². The van der Waals surface area contributed by atoms with E-state index in [9.17, 15) is 10.2 Å². The standard InChI is InChI=1S/C28H46O2/c1-17(2)18(3)7-8-19(4)22-9-10-23-21-16-26(30)25-15-20(29)11-13-28(25,6)24(21)12-14-27(22,23)5/h17,19-20,22-23,25-26,29-30H,3,7-16H2,1-2,4-6H3/t19?,20-,22+,23-,25?,26-,27+,28+/m0/s1. The molecule has 8 atom stereocenters. The molecular formula is C28H46O2. The summed E-state index contributed by atoms with van der Waals surface area (Å²) in [6, 6.07) is 0. The van der Waals surface area contributed by atoms with Crippen molar-refractivity contribution in [1.82, 2.24) is 0 Å². The zero-order valence-corrected chi connectivity index (χ0v) is 20.2. The van der Waals surface area contributed by atoms with Crippen molar-refractivity contribution < 1.29 is 10.2 Å². The second-order valence-corrected chi connectivity index (χ2v) is 12.3. The van der Waals surface area contributed by atoms with Gasteiger partial charge in [-0.25, -0.2) is 0 Å². The molecule has 0 aromatic heterocycles. The zero-order chi connectivity index (χ0) is 21.8. The lowest BCUT2D eigenvalue weighted by Gasteiger charge is -2.56. The normalized spacial score (nSPS) is 44.5. The van der Waals surface area contributed by atoms with Gasteiger partial charge in [0.15, 0.2) is 0 Å². The van der Waals surface area contributed by atoms with Gasteiger partial charge in [0, 0.05) is 0 Å². The molecule has 0 amide bonds. The van der Waals surface area contributed by atoms with Crippen LogP contribution >= 0.6 is 0 Å². The van der Waals surface area contributed by atoms with Crippen LogP contribution in [0.5, 0.6) is 0 Å². The highest BCUT2D eigenvalue weighted by molar-refractivity contribution is 5.35. The lowest BCUT2D eigenvalue weighted by atomic mass is 9.50. The molecule has 2 heteroatoms. The molecule has 2 N–H and O–H groups in total. The second-order valence-electron chi connectivity index (χ2n) is 12.3. The summed E-state index contributed by atoms with van der Waals surface area (Å²) in [5, 5.41) is 21.4. The largest absolute Gasteiger partial charge is 0.393 e. The van der Waals surface area contributed by atoms with Crippen LogP contribution in [0.4, 0.5) is 0 Å². The summed E-state index contributed by atoms with van der Waals surface area (Å²) in [5.41, 5.74) is 5.27. The van der Waals surface area contributed by atoms with Crippen LogP contribution in [0.3, 0.4) is 0 Å². The van der Waals surface area contributed by atoms with Gasteiger partial charge in [0.05, 0.1) is 12.2 Å². The van der Waals surface area contributed by atoms with Crippen LogP contribution in [-0.2, 0) is 0 Å². The molecular weight excluding hydrogens is 368 g/mol. The average molecular weight is 415 g/mol. The van der Waals surface area contributed by atoms with Crippen molar-refractivity contribution in [2.75, 3.05) is 0 Å². The molecule has 0 aromatic carbocycles. The molecule has 0 bridgehead atoms. The first-order valence-electron chi connectivity index (χ1n) is 12.8. The molecule has 0 spiro atoms. The fraction of sp³-hybridized carbons (Fsp3) is 0.857. The van der Waals surface area contributed by atoms with E-state index in [4.69, 9.17) is 0 Å². The SMILES string of the molecule is C=C(CCC(C)[C@H]1CC[C@H]2C3=C(CC[C@]12C)[C@@]1(C)CC[C@H](O)CC1[C@@H](O)C3)C(C)C. The number of hydrogen-bond acceptors (Lipinski definition) is 2. The van der Waals surface area contributed by atoms with Gasteiger partial charge in [-0.2, -0.15) is 0 Å². The minimum absolute atomic E-state index is 0.117. The van der Waals surface area contributed by atoms with Gasteiger partial charge in [-0.1, -0.05) is 57.9 Å². The quantitative estimate of drug-likeness (QED) is 0.493. The zero-order valence-electron chi connectivity index (χ0n) is 20.2. The van der Waals surface area contributed by atoms with Gasteiger partial charge in [-0.05, 0) is 105 Å². The van der Waals surface area contributed by atoms with E-state index in [1.54, 1.807) is 11.1 Å². The number of fused-ring (bicyclic) bond motifs is 4. The third kappa shape index (κ3) is 3.54. The molecule has 30 heavy (non-hydrogen) atoms. The first-order valence-corrected chi connectivity index (χ1v) is 12.8. The highest BCUT2D eigenvalue weighted by atomic mass is 16.3. The lowest BCUT2D eigenvalue weighted by Crippen LogP contribution is -2.50. The first kappa shape index (κ1) is 22.6. The summed E-state index contributed by atoms with van der Waals surface area (Å²) in [6.07, 6.45) is 10.8. The fourth-order valence-electron chi connectivity index (χ4n) is 8.36. The van der Waals surface area contributed by atoms with Crippen molar-refractivity contribution >= 4 is 0 Å². The molecule has 0 saturated heterocycles. The van der Waals surface area contributed by atoms with Gasteiger partial charge in [-0.3, -0.25) is 0 Å². The molecule has 2 nitrogen and oxygen atoms in total. The Morgan fingerprint density at radius 3 is 2.53 bits per heavy atom. The maximum atomic E-state index is 11.1. The Labute approximate surface area is 185 Å². The Hall–Kier alpha value is -0.600. The molecule has 2 unspecified atom stereocenters. The minimum atomic E-state index is -0.267. The molecule has 2 saturated carbocycles. The van der Waals surface area contributed by atoms with Crippen molar-refractivity contribution in [3.05, 3.63) is 23.3 Å². The molecule has 4 aliphatic carbocycles. The van der Waals surface area contributed by atoms with E-state index in [2.05, 4.69) is 41.2 Å². The van der Waals surface area contributed by atoms with Crippen LogP contribution in [0, 0.1) is 40.4 Å². The predicted octanol–water partition coefficient (Wildman–Crippen LogP) is 6.67. The van der Waals surface area contributed by atoms with Crippen LogP contribution in [0.2, 0.25) is 0 Å². The van der Waals surface area contributed by atoms with Gasteiger partial charge >= 0.3 is 0 Å². The van der Waals surface area contributed by atoms with E-state index in [0.29, 0.717) is 17.3 Å². The molecule has 0 aliphatic heterocycles. The number of aliphatic hydroxyl groups excluding tert-OH is 2. The summed E-state index contributed by atoms with van der Waals surface area (Å²) in [7, 11) is 0. The highest BCUT2D eigenvalue weighted by Gasteiger charge is 2.57. The summed E-state index contributed by atoms with van der Waals surface area (Å²) in [4.78, 5) is 0. The van der Waals surface area contributed by atoms with Gasteiger partial charge in [0.1, 0.15) is 0 Å². The van der Waals surface area contributed by atoms with Gasteiger partial charge < -0.3 is 10.2 Å². The molecule has 2 fully saturated rings. The highest BCUT2D eigenvalue weighted by Crippen LogP contribution is 2.66. The summed E-state index contributed by atoms with van der Waals surface area (Å²) < 4.78 is 0. The third-order valence-corrected chi connectivity index (χ3v) is 10.5. The van der Waals surface area contributed by atoms with E-state index in [1.165, 1.54) is 44.1 Å². The Morgan fingerprint density at radius 2 is 1.83 bits per heavy atom. The van der Waals surface area contributed by atoms with E-state index in [0.717, 1.165) is 37.5 Å². The Morgan fingerprint density at radius 1 is 1.10 bits per heavy atom. The van der Waals surface area contributed by atoms with Crippen molar-refractivity contribution in [2.24, 2.45) is 40.4 Å². The summed E-state index contributed by atoms with van der Waals surface area (Å²) in [6.45, 7) is 16.3. The fourth-order valence-corrected chi connectivity index (χ4v) is 8.36. The number of allylic oxidation sites excluding steroid dienone is 2. The molecule has 4 rings (SSSR count). The van der Waals surface area contributed by atoms with Gasteiger partial charge in [0.2, 0.25) is 0 Å². The smallest absolute Gasteiger partial charge is 0.0614 e. The maximum absolute atomic E-state index is 11.1. The third-order valence-electron chi connectivity index (χ3n) is 10.5. The van der Waals surface area contributed by atoms with Gasteiger partial charge in [0.25, 0.3) is 0 Å². The van der Waals surface area contributed by atoms with Crippen LogP contribution in [-0.4, -0.2) is 22.4 Å². The Balaban J connectivity index is 1.56. The first-order chi connectivity index (χ1) is 14.1. The predicted molar refractivity (Wildman–Crippen MR) is 125 cm³/mol. The van der Waals surface area contributed by atoms with Gasteiger partial charge in [-0.15, -0.1) is 0 Å². The van der Waals surface area contributed by atoms with Crippen LogP contribution in [0.1, 0.15) is 98.8 Å². The Kier molecular flexibility index (Phi) is 6.08. The van der Waals surface area contributed by atoms with Crippen LogP contribution < -0.4 is 0 Å². The maximum Gasteiger partial charge on any atom is 0.0614 e. The second kappa shape index (κ2) is 8.07.